The molecule has 0 saturated carbocycles. The Labute approximate surface area is 149 Å². The monoisotopic (exact) mass is 379 g/mol. The second-order valence-corrected chi connectivity index (χ2v) is 7.28. The van der Waals surface area contributed by atoms with E-state index in [9.17, 15) is 27.9 Å². The maximum Gasteiger partial charge on any atom is 0.326 e. The molecular weight excluding hydrogens is 362 g/mol. The summed E-state index contributed by atoms with van der Waals surface area (Å²) in [6.45, 7) is 1.29. The topological polar surface area (TPSA) is 138 Å². The molecule has 26 heavy (non-hydrogen) atoms. The van der Waals surface area contributed by atoms with Crippen molar-refractivity contribution in [3.63, 3.8) is 0 Å². The molecule has 0 saturated heterocycles. The lowest BCUT2D eigenvalue weighted by atomic mass is 9.96. The third-order valence-corrected chi connectivity index (χ3v) is 4.55. The van der Waals surface area contributed by atoms with Gasteiger partial charge in [-0.25, -0.2) is 4.79 Å². The van der Waals surface area contributed by atoms with Crippen LogP contribution in [-0.2, 0) is 14.9 Å². The first-order valence-corrected chi connectivity index (χ1v) is 9.22. The molecule has 3 N–H and O–H groups in total. The molecule has 0 aliphatic carbocycles. The minimum atomic E-state index is -4.38. The molecule has 0 unspecified atom stereocenters. The summed E-state index contributed by atoms with van der Waals surface area (Å²) >= 11 is 0. The highest BCUT2D eigenvalue weighted by molar-refractivity contribution is 7.85. The third-order valence-electron chi connectivity index (χ3n) is 3.80. The first-order chi connectivity index (χ1) is 12.1. The van der Waals surface area contributed by atoms with E-state index in [4.69, 9.17) is 4.55 Å². The number of hydrogen-bond donors (Lipinski definition) is 3. The van der Waals surface area contributed by atoms with Gasteiger partial charge in [-0.3, -0.25) is 14.1 Å². The number of carboxylic acids is 1. The molecule has 0 aliphatic rings. The number of carbonyl (C=O) groups is 3. The molecule has 0 spiro atoms. The highest BCUT2D eigenvalue weighted by atomic mass is 32.2. The van der Waals surface area contributed by atoms with Crippen LogP contribution in [-0.4, -0.2) is 47.5 Å². The van der Waals surface area contributed by atoms with Crippen LogP contribution < -0.4 is 5.32 Å². The van der Waals surface area contributed by atoms with Crippen LogP contribution in [0.3, 0.4) is 0 Å². The SMILES string of the molecule is CC(=O)c1ccc2ccccc2c1C(=O)N[C@@H](CCS(=O)(=O)O)C(=O)O. The number of carbonyl (C=O) groups excluding carboxylic acids is 2. The molecule has 0 aromatic heterocycles. The molecule has 138 valence electrons. The van der Waals surface area contributed by atoms with Crippen LogP contribution in [0.25, 0.3) is 10.8 Å². The summed E-state index contributed by atoms with van der Waals surface area (Å²) < 4.78 is 30.5. The Morgan fingerprint density at radius 1 is 1.12 bits per heavy atom. The van der Waals surface area contributed by atoms with Crippen molar-refractivity contribution in [2.45, 2.75) is 19.4 Å². The van der Waals surface area contributed by atoms with Gasteiger partial charge in [0, 0.05) is 5.56 Å². The van der Waals surface area contributed by atoms with E-state index in [2.05, 4.69) is 5.32 Å². The van der Waals surface area contributed by atoms with E-state index in [0.717, 1.165) is 0 Å². The lowest BCUT2D eigenvalue weighted by Crippen LogP contribution is -2.42. The first-order valence-electron chi connectivity index (χ1n) is 7.61. The van der Waals surface area contributed by atoms with Crippen LogP contribution in [0.2, 0.25) is 0 Å². The number of nitrogens with one attached hydrogen (secondary N) is 1. The van der Waals surface area contributed by atoms with Gasteiger partial charge in [-0.1, -0.05) is 30.3 Å². The van der Waals surface area contributed by atoms with Crippen molar-refractivity contribution in [1.29, 1.82) is 0 Å². The van der Waals surface area contributed by atoms with Gasteiger partial charge in [0.25, 0.3) is 16.0 Å². The van der Waals surface area contributed by atoms with Gasteiger partial charge in [0.05, 0.1) is 11.3 Å². The predicted molar refractivity (Wildman–Crippen MR) is 93.9 cm³/mol. The second kappa shape index (κ2) is 7.63. The zero-order chi connectivity index (χ0) is 19.5. The lowest BCUT2D eigenvalue weighted by Gasteiger charge is -2.16. The van der Waals surface area contributed by atoms with Crippen LogP contribution in [0.4, 0.5) is 0 Å². The number of Topliss-reactive ketones (excluding diaryl/α,β-unsaturated/α-hetero) is 1. The van der Waals surface area contributed by atoms with Gasteiger partial charge < -0.3 is 10.4 Å². The van der Waals surface area contributed by atoms with Crippen molar-refractivity contribution in [2.24, 2.45) is 0 Å². The minimum absolute atomic E-state index is 0.0219. The summed E-state index contributed by atoms with van der Waals surface area (Å²) in [5.41, 5.74) is 0.147. The minimum Gasteiger partial charge on any atom is -0.480 e. The first kappa shape index (κ1) is 19.5. The van der Waals surface area contributed by atoms with Gasteiger partial charge in [-0.15, -0.1) is 0 Å². The third kappa shape index (κ3) is 4.64. The largest absolute Gasteiger partial charge is 0.480 e. The lowest BCUT2D eigenvalue weighted by molar-refractivity contribution is -0.139. The van der Waals surface area contributed by atoms with Crippen LogP contribution >= 0.6 is 0 Å². The van der Waals surface area contributed by atoms with Crippen molar-refractivity contribution < 1.29 is 32.5 Å². The summed E-state index contributed by atoms with van der Waals surface area (Å²) in [4.78, 5) is 35.9. The second-order valence-electron chi connectivity index (χ2n) is 5.70. The van der Waals surface area contributed by atoms with E-state index in [0.29, 0.717) is 10.8 Å². The molecule has 1 atom stereocenters. The number of carboxylic acid groups (broad SMARTS) is 1. The number of ketones is 1. The fourth-order valence-corrected chi connectivity index (χ4v) is 3.10. The van der Waals surface area contributed by atoms with Crippen molar-refractivity contribution in [1.82, 2.24) is 5.32 Å². The van der Waals surface area contributed by atoms with Crippen molar-refractivity contribution in [3.8, 4) is 0 Å². The van der Waals surface area contributed by atoms with E-state index in [1.54, 1.807) is 30.3 Å². The van der Waals surface area contributed by atoms with E-state index in [-0.39, 0.29) is 16.9 Å². The molecule has 0 heterocycles. The Morgan fingerprint density at radius 2 is 1.77 bits per heavy atom. The summed E-state index contributed by atoms with van der Waals surface area (Å²) in [6.07, 6.45) is -0.514. The van der Waals surface area contributed by atoms with Crippen LogP contribution in [0, 0.1) is 0 Å². The molecule has 0 bridgehead atoms. The number of benzene rings is 2. The predicted octanol–water partition coefficient (Wildman–Crippen LogP) is 1.50. The molecular formula is C17H17NO7S. The average molecular weight is 379 g/mol. The normalized spacial score (nSPS) is 12.5. The van der Waals surface area contributed by atoms with E-state index < -0.39 is 40.2 Å². The number of rotatable bonds is 7. The standard InChI is InChI=1S/C17H17NO7S/c1-10(19)12-7-6-11-4-2-3-5-13(11)15(12)16(20)18-14(17(21)22)8-9-26(23,24)25/h2-7,14H,8-9H2,1H3,(H,18,20)(H,21,22)(H,23,24,25)/t14-/m0/s1. The van der Waals surface area contributed by atoms with Crippen LogP contribution in [0.1, 0.15) is 34.1 Å². The molecule has 2 rings (SSSR count). The molecule has 2 aromatic rings. The molecule has 2 aromatic carbocycles. The summed E-state index contributed by atoms with van der Waals surface area (Å²) in [5, 5.41) is 12.6. The molecule has 9 heteroatoms. The maximum absolute atomic E-state index is 12.7. The van der Waals surface area contributed by atoms with Gasteiger partial charge >= 0.3 is 5.97 Å². The number of aliphatic carboxylic acids is 1. The zero-order valence-electron chi connectivity index (χ0n) is 13.8. The van der Waals surface area contributed by atoms with Gasteiger partial charge in [0.1, 0.15) is 6.04 Å². The Morgan fingerprint density at radius 3 is 2.35 bits per heavy atom. The van der Waals surface area contributed by atoms with Crippen LogP contribution in [0.5, 0.6) is 0 Å². The van der Waals surface area contributed by atoms with Gasteiger partial charge in [0.15, 0.2) is 5.78 Å². The molecule has 0 aliphatic heterocycles. The van der Waals surface area contributed by atoms with Gasteiger partial charge in [0.2, 0.25) is 0 Å². The number of amides is 1. The van der Waals surface area contributed by atoms with Gasteiger partial charge in [-0.2, -0.15) is 8.42 Å². The average Bonchev–Trinajstić information content (AvgIpc) is 2.56. The molecule has 0 radical (unpaired) electrons. The summed E-state index contributed by atoms with van der Waals surface area (Å²) in [7, 11) is -4.38. The number of hydrogen-bond acceptors (Lipinski definition) is 5. The molecule has 8 nitrogen and oxygen atoms in total. The van der Waals surface area contributed by atoms with Crippen molar-refractivity contribution >= 4 is 38.6 Å². The summed E-state index contributed by atoms with van der Waals surface area (Å²) in [5.74, 6) is -3.45. The Bertz CT molecular complexity index is 982. The Balaban J connectivity index is 2.42. The Kier molecular flexibility index (Phi) is 5.73. The molecule has 0 fully saturated rings. The quantitative estimate of drug-likeness (QED) is 0.489. The van der Waals surface area contributed by atoms with E-state index >= 15 is 0 Å². The highest BCUT2D eigenvalue weighted by Crippen LogP contribution is 2.23. The fraction of sp³-hybridized carbons (Fsp3) is 0.235. The molecule has 1 amide bonds. The van der Waals surface area contributed by atoms with Gasteiger partial charge in [-0.05, 0) is 30.2 Å². The Hall–Kier alpha value is -2.78. The fourth-order valence-electron chi connectivity index (χ4n) is 2.56. The number of fused-ring (bicyclic) bond motifs is 1. The van der Waals surface area contributed by atoms with Crippen LogP contribution in [0.15, 0.2) is 36.4 Å². The maximum atomic E-state index is 12.7. The summed E-state index contributed by atoms with van der Waals surface area (Å²) in [6, 6.07) is 8.42. The van der Waals surface area contributed by atoms with E-state index in [1.165, 1.54) is 13.0 Å². The van der Waals surface area contributed by atoms with Crippen molar-refractivity contribution in [2.75, 3.05) is 5.75 Å². The zero-order valence-corrected chi connectivity index (χ0v) is 14.6. The smallest absolute Gasteiger partial charge is 0.326 e. The highest BCUT2D eigenvalue weighted by Gasteiger charge is 2.25. The van der Waals surface area contributed by atoms with Crippen molar-refractivity contribution in [3.05, 3.63) is 47.5 Å². The van der Waals surface area contributed by atoms with E-state index in [1.807, 2.05) is 0 Å².